The number of nitrogens with two attached hydrogens (primary N) is 1. The van der Waals surface area contributed by atoms with E-state index in [0.717, 1.165) is 10.8 Å². The van der Waals surface area contributed by atoms with Gasteiger partial charge < -0.3 is 29.8 Å². The number of nitrogens with zero attached hydrogens (tertiary/aromatic N) is 2. The molecule has 0 saturated heterocycles. The molecule has 16 heteroatoms. The van der Waals surface area contributed by atoms with Crippen molar-refractivity contribution >= 4 is 28.4 Å². The van der Waals surface area contributed by atoms with Crippen molar-refractivity contribution in [1.29, 1.82) is 0 Å². The standard InChI is InChI=1S/C12H21FN3O9P3/c1-7-8(2-10(7)16-3-9(13)11(14)15-12(16)17)4-25-28(23,24)6-26(18,19)5-27(20,21)22/h3,7-8,10H,2,4-6H2,1H3,(H,18,19)(H,23,24)(H2,14,15,17)(H2,20,21,22)/t7-,8-,10-/m0/s1. The van der Waals surface area contributed by atoms with Crippen LogP contribution < -0.4 is 11.4 Å². The number of hydrogen-bond acceptors (Lipinski definition) is 7. The summed E-state index contributed by atoms with van der Waals surface area (Å²) in [6.07, 6.45) is 1.23. The van der Waals surface area contributed by atoms with Crippen molar-refractivity contribution < 1.29 is 42.2 Å². The first-order valence-corrected chi connectivity index (χ1v) is 13.6. The van der Waals surface area contributed by atoms with E-state index in [9.17, 15) is 32.7 Å². The van der Waals surface area contributed by atoms with Crippen LogP contribution in [0.15, 0.2) is 11.0 Å². The van der Waals surface area contributed by atoms with Crippen molar-refractivity contribution in [3.05, 3.63) is 22.5 Å². The Balaban J connectivity index is 1.95. The molecule has 1 aliphatic carbocycles. The number of anilines is 1. The van der Waals surface area contributed by atoms with Crippen LogP contribution in [0.3, 0.4) is 0 Å². The van der Waals surface area contributed by atoms with E-state index in [1.807, 2.05) is 0 Å². The Morgan fingerprint density at radius 1 is 1.29 bits per heavy atom. The number of aromatic nitrogens is 2. The van der Waals surface area contributed by atoms with Crippen LogP contribution in [-0.4, -0.2) is 47.5 Å². The summed E-state index contributed by atoms with van der Waals surface area (Å²) < 4.78 is 54.0. The van der Waals surface area contributed by atoms with Crippen LogP contribution in [0.5, 0.6) is 0 Å². The van der Waals surface area contributed by atoms with E-state index in [1.165, 1.54) is 0 Å². The molecule has 2 rings (SSSR count). The molecular weight excluding hydrogens is 442 g/mol. The lowest BCUT2D eigenvalue weighted by Gasteiger charge is -2.43. The summed E-state index contributed by atoms with van der Waals surface area (Å²) in [4.78, 5) is 51.9. The van der Waals surface area contributed by atoms with Crippen molar-refractivity contribution in [2.75, 3.05) is 24.1 Å². The summed E-state index contributed by atoms with van der Waals surface area (Å²) in [5.74, 6) is -4.65. The molecule has 5 atom stereocenters. The molecule has 1 heterocycles. The van der Waals surface area contributed by atoms with Crippen molar-refractivity contribution in [2.24, 2.45) is 11.8 Å². The van der Waals surface area contributed by atoms with E-state index in [2.05, 4.69) is 4.98 Å². The van der Waals surface area contributed by atoms with Crippen LogP contribution >= 0.6 is 22.6 Å². The zero-order valence-electron chi connectivity index (χ0n) is 14.7. The lowest BCUT2D eigenvalue weighted by molar-refractivity contribution is 0.0446. The van der Waals surface area contributed by atoms with Gasteiger partial charge in [-0.1, -0.05) is 6.92 Å². The normalized spacial score (nSPS) is 26.9. The molecule has 28 heavy (non-hydrogen) atoms. The molecule has 1 aromatic heterocycles. The van der Waals surface area contributed by atoms with Crippen molar-refractivity contribution in [3.8, 4) is 0 Å². The lowest BCUT2D eigenvalue weighted by atomic mass is 9.70. The Kier molecular flexibility index (Phi) is 6.75. The van der Waals surface area contributed by atoms with E-state index < -0.39 is 57.7 Å². The van der Waals surface area contributed by atoms with Gasteiger partial charge in [-0.05, 0) is 18.3 Å². The fraction of sp³-hybridized carbons (Fsp3) is 0.667. The largest absolute Gasteiger partial charge is 0.381 e. The van der Waals surface area contributed by atoms with Gasteiger partial charge in [0.2, 0.25) is 7.37 Å². The third-order valence-corrected chi connectivity index (χ3v) is 11.5. The molecule has 1 aromatic rings. The number of nitrogen functional groups attached to an aromatic ring is 1. The Hall–Kier alpha value is -0.900. The fourth-order valence-corrected chi connectivity index (χ4v) is 9.46. The van der Waals surface area contributed by atoms with Gasteiger partial charge in [-0.3, -0.25) is 18.3 Å². The fourth-order valence-electron chi connectivity index (χ4n) is 3.00. The van der Waals surface area contributed by atoms with Gasteiger partial charge in [-0.2, -0.15) is 4.98 Å². The molecule has 1 aliphatic rings. The highest BCUT2D eigenvalue weighted by Crippen LogP contribution is 2.63. The zero-order chi connectivity index (χ0) is 21.5. The molecule has 12 nitrogen and oxygen atoms in total. The predicted octanol–water partition coefficient (Wildman–Crippen LogP) is 0.727. The highest BCUT2D eigenvalue weighted by molar-refractivity contribution is 7.79. The average molecular weight is 463 g/mol. The van der Waals surface area contributed by atoms with Gasteiger partial charge >= 0.3 is 20.9 Å². The summed E-state index contributed by atoms with van der Waals surface area (Å²) in [6.45, 7) is 1.41. The maximum Gasteiger partial charge on any atom is 0.349 e. The summed E-state index contributed by atoms with van der Waals surface area (Å²) in [7, 11) is -14.0. The van der Waals surface area contributed by atoms with E-state index in [4.69, 9.17) is 20.0 Å². The third kappa shape index (κ3) is 6.05. The van der Waals surface area contributed by atoms with Crippen LogP contribution in [0, 0.1) is 17.7 Å². The molecule has 0 spiro atoms. The minimum absolute atomic E-state index is 0.265. The van der Waals surface area contributed by atoms with E-state index in [-0.39, 0.29) is 18.4 Å². The highest BCUT2D eigenvalue weighted by Gasteiger charge is 2.42. The quantitative estimate of drug-likeness (QED) is 0.340. The van der Waals surface area contributed by atoms with Gasteiger partial charge in [0.1, 0.15) is 11.8 Å². The van der Waals surface area contributed by atoms with Gasteiger partial charge in [0.05, 0.1) is 6.61 Å². The molecule has 1 saturated carbocycles. The van der Waals surface area contributed by atoms with Gasteiger partial charge in [-0.15, -0.1) is 0 Å². The third-order valence-electron chi connectivity index (χ3n) is 4.48. The van der Waals surface area contributed by atoms with E-state index in [0.29, 0.717) is 6.42 Å². The topological polar surface area (TPSA) is 202 Å². The molecule has 160 valence electrons. The molecule has 0 radical (unpaired) electrons. The van der Waals surface area contributed by atoms with E-state index >= 15 is 0 Å². The smallest absolute Gasteiger partial charge is 0.349 e. The first-order chi connectivity index (χ1) is 12.6. The average Bonchev–Trinajstić information content (AvgIpc) is 2.46. The summed E-state index contributed by atoms with van der Waals surface area (Å²) >= 11 is 0. The van der Waals surface area contributed by atoms with Crippen molar-refractivity contribution in [2.45, 2.75) is 19.4 Å². The zero-order valence-corrected chi connectivity index (χ0v) is 17.3. The molecule has 2 unspecified atom stereocenters. The molecule has 0 bridgehead atoms. The Morgan fingerprint density at radius 2 is 1.89 bits per heavy atom. The summed E-state index contributed by atoms with van der Waals surface area (Å²) in [5.41, 5.74) is 4.49. The second kappa shape index (κ2) is 8.08. The number of hydrogen-bond donors (Lipinski definition) is 5. The maximum absolute atomic E-state index is 13.5. The summed E-state index contributed by atoms with van der Waals surface area (Å²) in [5, 5.41) is 0. The van der Waals surface area contributed by atoms with Crippen LogP contribution in [0.2, 0.25) is 0 Å². The monoisotopic (exact) mass is 463 g/mol. The maximum atomic E-state index is 13.5. The molecule has 0 aromatic carbocycles. The first-order valence-electron chi connectivity index (χ1n) is 7.96. The molecule has 0 amide bonds. The minimum Gasteiger partial charge on any atom is -0.381 e. The highest BCUT2D eigenvalue weighted by atomic mass is 31.3. The second-order valence-corrected chi connectivity index (χ2v) is 13.6. The number of halogens is 1. The second-order valence-electron chi connectivity index (χ2n) is 6.81. The predicted molar refractivity (Wildman–Crippen MR) is 96.6 cm³/mol. The van der Waals surface area contributed by atoms with Crippen LogP contribution in [-0.2, 0) is 18.2 Å². The van der Waals surface area contributed by atoms with Crippen molar-refractivity contribution in [1.82, 2.24) is 9.55 Å². The Labute approximate surface area is 158 Å². The van der Waals surface area contributed by atoms with Crippen LogP contribution in [0.1, 0.15) is 19.4 Å². The molecule has 1 fully saturated rings. The van der Waals surface area contributed by atoms with E-state index in [1.54, 1.807) is 6.92 Å². The lowest BCUT2D eigenvalue weighted by Crippen LogP contribution is -2.43. The Morgan fingerprint density at radius 3 is 2.43 bits per heavy atom. The summed E-state index contributed by atoms with van der Waals surface area (Å²) in [6, 6.07) is -0.430. The Bertz CT molecular complexity index is 948. The minimum atomic E-state index is -4.85. The SMILES string of the molecule is C[C@H]1[C@H](COP(=O)(O)CP(=O)(O)CP(=O)(O)O)C[C@@H]1n1cc(F)c(N)nc1=O. The van der Waals surface area contributed by atoms with Gasteiger partial charge in [0.25, 0.3) is 0 Å². The van der Waals surface area contributed by atoms with Gasteiger partial charge in [0.15, 0.2) is 11.6 Å². The molecule has 6 N–H and O–H groups in total. The molecular formula is C12H21FN3O9P3. The number of rotatable bonds is 8. The first kappa shape index (κ1) is 23.4. The molecule has 0 aliphatic heterocycles. The van der Waals surface area contributed by atoms with Gasteiger partial charge in [-0.25, -0.2) is 9.18 Å². The van der Waals surface area contributed by atoms with Gasteiger partial charge in [0, 0.05) is 12.2 Å². The van der Waals surface area contributed by atoms with Crippen LogP contribution in [0.25, 0.3) is 0 Å². The van der Waals surface area contributed by atoms with Crippen molar-refractivity contribution in [3.63, 3.8) is 0 Å². The van der Waals surface area contributed by atoms with Crippen LogP contribution in [0.4, 0.5) is 10.2 Å².